The molecule has 6 aromatic carbocycles. The molecule has 2 fully saturated rings. The number of aliphatic carboxylic acids is 2. The van der Waals surface area contributed by atoms with Crippen LogP contribution in [0.3, 0.4) is 0 Å². The summed E-state index contributed by atoms with van der Waals surface area (Å²) in [5.41, 5.74) is -0.591. The Labute approximate surface area is 548 Å². The molecule has 10 rings (SSSR count). The summed E-state index contributed by atoms with van der Waals surface area (Å²) < 4.78 is 91.7. The number of unbranched alkanes of at least 4 members (excludes halogenated alkanes) is 2. The summed E-state index contributed by atoms with van der Waals surface area (Å²) in [7, 11) is 0. The third kappa shape index (κ3) is 17.6. The van der Waals surface area contributed by atoms with Gasteiger partial charge in [0.2, 0.25) is 23.6 Å². The molecule has 0 unspecified atom stereocenters. The van der Waals surface area contributed by atoms with E-state index >= 15 is 8.78 Å². The fraction of sp³-hybridized carbons (Fsp3) is 0.273. The Bertz CT molecular complexity index is 3710. The molecule has 0 spiro atoms. The average molecular weight is 1280 g/mol. The molecule has 2 heterocycles. The predicted octanol–water partition coefficient (Wildman–Crippen LogP) is 10.3. The zero-order chi connectivity index (χ0) is 64.0. The molecule has 2 aliphatic rings. The maximum absolute atomic E-state index is 15.2. The van der Waals surface area contributed by atoms with Gasteiger partial charge in [0.1, 0.15) is 34.0 Å². The topological polar surface area (TPSA) is 278 Å². The summed E-state index contributed by atoms with van der Waals surface area (Å²) in [6.45, 7) is 4.85. The Morgan fingerprint density at radius 2 is 0.769 bits per heavy atom. The van der Waals surface area contributed by atoms with Gasteiger partial charge in [0.05, 0.1) is 37.5 Å². The third-order valence-electron chi connectivity index (χ3n) is 14.5. The molecule has 0 saturated heterocycles. The van der Waals surface area contributed by atoms with Crippen LogP contribution in [0, 0.1) is 34.1 Å². The number of hydrogen-bond acceptors (Lipinski definition) is 16. The Balaban J connectivity index is 0.000000232. The van der Waals surface area contributed by atoms with Gasteiger partial charge in [-0.3, -0.25) is 29.1 Å². The quantitative estimate of drug-likeness (QED) is 0.0154. The fourth-order valence-corrected chi connectivity index (χ4v) is 9.30. The monoisotopic (exact) mass is 1280 g/mol. The van der Waals surface area contributed by atoms with Crippen molar-refractivity contribution in [1.82, 2.24) is 9.97 Å². The fourth-order valence-electron chi connectivity index (χ4n) is 9.30. The summed E-state index contributed by atoms with van der Waals surface area (Å²) >= 11 is 0. The van der Waals surface area contributed by atoms with Gasteiger partial charge in [0.15, 0.2) is 46.1 Å². The second-order valence-electron chi connectivity index (χ2n) is 21.0. The smallest absolute Gasteiger partial charge is 0.550 e. The molecule has 468 valence electrons. The van der Waals surface area contributed by atoms with Crippen LogP contribution in [0.15, 0.2) is 134 Å². The standard InChI is InChI=1S/2C33H31F2N3O7.Ca/c2*1-2-43-28-18-23-25(19-29(28)44-16-4-3-5-30(39)40)36-15-12-26(23)45-27-11-10-22(17-24(27)35)38-32(42)33(13-14-33)31(41)37-21-8-6-20(34)7-9-21;/h2*6-12,15,17-19H,2-5,13-14,16H2,1H3,(H,37,41)(H,38,42)(H,39,40);/q;;+2/p-2. The maximum Gasteiger partial charge on any atom is 2.00 e. The van der Waals surface area contributed by atoms with E-state index in [0.717, 1.165) is 12.1 Å². The van der Waals surface area contributed by atoms with Crippen LogP contribution < -0.4 is 59.9 Å². The van der Waals surface area contributed by atoms with Crippen LogP contribution in [-0.2, 0) is 28.8 Å². The first-order valence-electron chi connectivity index (χ1n) is 28.8. The van der Waals surface area contributed by atoms with E-state index in [-0.39, 0.29) is 86.7 Å². The normalized spacial score (nSPS) is 13.0. The summed E-state index contributed by atoms with van der Waals surface area (Å²) in [4.78, 5) is 81.7. The molecule has 0 radical (unpaired) electrons. The number of benzene rings is 6. The molecule has 4 amide bonds. The van der Waals surface area contributed by atoms with E-state index in [2.05, 4.69) is 31.2 Å². The van der Waals surface area contributed by atoms with Gasteiger partial charge >= 0.3 is 37.7 Å². The van der Waals surface area contributed by atoms with Gasteiger partial charge < -0.3 is 69.5 Å². The summed E-state index contributed by atoms with van der Waals surface area (Å²) in [5.74, 6) is -4.76. The Morgan fingerprint density at radius 3 is 1.10 bits per heavy atom. The SMILES string of the molecule is CCOc1cc2c(Oc3ccc(NC(=O)C4(C(=O)Nc5ccc(F)cc5)CC4)cc3F)ccnc2cc1OCCCCC(=O)[O-].CCOc1cc2c(Oc3ccc(NC(=O)C4(C(=O)Nc5ccc(F)cc5)CC4)cc3F)ccnc2cc1OCCCCC(=O)[O-].[Ca+2]. The van der Waals surface area contributed by atoms with E-state index < -0.39 is 69.7 Å². The molecular weight excluding hydrogens is 1220 g/mol. The predicted molar refractivity (Wildman–Crippen MR) is 324 cm³/mol. The van der Waals surface area contributed by atoms with Crippen molar-refractivity contribution in [2.24, 2.45) is 10.8 Å². The van der Waals surface area contributed by atoms with Crippen molar-refractivity contribution >= 4 is 118 Å². The second-order valence-corrected chi connectivity index (χ2v) is 21.0. The molecule has 2 aromatic heterocycles. The minimum Gasteiger partial charge on any atom is -0.550 e. The number of anilines is 4. The van der Waals surface area contributed by atoms with E-state index in [1.807, 2.05) is 13.8 Å². The zero-order valence-corrected chi connectivity index (χ0v) is 51.6. The van der Waals surface area contributed by atoms with Crippen molar-refractivity contribution in [3.05, 3.63) is 157 Å². The number of carboxylic acids is 2. The van der Waals surface area contributed by atoms with Crippen molar-refractivity contribution in [1.29, 1.82) is 0 Å². The molecular formula is C66H60CaF4N6O14. The summed E-state index contributed by atoms with van der Waals surface area (Å²) in [5, 5.41) is 32.8. The number of carboxylic acid groups (broad SMARTS) is 2. The van der Waals surface area contributed by atoms with Gasteiger partial charge in [-0.25, -0.2) is 17.6 Å². The van der Waals surface area contributed by atoms with Crippen LogP contribution in [-0.4, -0.2) is 110 Å². The molecule has 91 heavy (non-hydrogen) atoms. The van der Waals surface area contributed by atoms with E-state index in [0.29, 0.717) is 132 Å². The van der Waals surface area contributed by atoms with Gasteiger partial charge in [0, 0.05) is 82.1 Å². The molecule has 0 bridgehead atoms. The number of nitrogens with one attached hydrogen (secondary N) is 4. The van der Waals surface area contributed by atoms with E-state index in [4.69, 9.17) is 28.4 Å². The number of pyridine rings is 2. The Morgan fingerprint density at radius 1 is 0.429 bits per heavy atom. The molecule has 0 atom stereocenters. The van der Waals surface area contributed by atoms with Gasteiger partial charge in [0.25, 0.3) is 0 Å². The number of halogens is 4. The number of nitrogens with zero attached hydrogens (tertiary/aromatic N) is 2. The molecule has 0 aliphatic heterocycles. The molecule has 2 aliphatic carbocycles. The number of amides is 4. The first kappa shape index (κ1) is 67.7. The maximum atomic E-state index is 15.2. The molecule has 4 N–H and O–H groups in total. The van der Waals surface area contributed by atoms with Crippen molar-refractivity contribution in [3.63, 3.8) is 0 Å². The van der Waals surface area contributed by atoms with Crippen molar-refractivity contribution in [3.8, 4) is 46.0 Å². The first-order valence-corrected chi connectivity index (χ1v) is 28.8. The van der Waals surface area contributed by atoms with Crippen molar-refractivity contribution in [2.75, 3.05) is 47.7 Å². The number of aromatic nitrogens is 2. The average Bonchev–Trinajstić information content (AvgIpc) is 1.66. The number of carbonyl (C=O) groups is 6. The van der Waals surface area contributed by atoms with Gasteiger partial charge in [-0.1, -0.05) is 0 Å². The van der Waals surface area contributed by atoms with Crippen LogP contribution in [0.2, 0.25) is 0 Å². The van der Waals surface area contributed by atoms with Crippen LogP contribution in [0.25, 0.3) is 21.8 Å². The number of rotatable bonds is 28. The Hall–Kier alpha value is -9.26. The summed E-state index contributed by atoms with van der Waals surface area (Å²) in [6, 6.07) is 28.1. The van der Waals surface area contributed by atoms with Gasteiger partial charge in [-0.2, -0.15) is 0 Å². The van der Waals surface area contributed by atoms with Crippen molar-refractivity contribution < 1.29 is 85.0 Å². The number of ether oxygens (including phenoxy) is 6. The minimum absolute atomic E-state index is 0. The van der Waals surface area contributed by atoms with Gasteiger partial charge in [-0.15, -0.1) is 0 Å². The van der Waals surface area contributed by atoms with E-state index in [1.165, 1.54) is 85.2 Å². The van der Waals surface area contributed by atoms with Crippen LogP contribution in [0.1, 0.15) is 78.1 Å². The molecule has 2 saturated carbocycles. The van der Waals surface area contributed by atoms with Crippen LogP contribution in [0.4, 0.5) is 40.3 Å². The largest absolute Gasteiger partial charge is 2.00 e. The Kier molecular flexibility index (Phi) is 23.0. The van der Waals surface area contributed by atoms with Crippen molar-refractivity contribution in [2.45, 2.75) is 78.1 Å². The third-order valence-corrected chi connectivity index (χ3v) is 14.5. The number of fused-ring (bicyclic) bond motifs is 2. The van der Waals surface area contributed by atoms with E-state index in [1.54, 1.807) is 36.4 Å². The molecule has 8 aromatic rings. The second kappa shape index (κ2) is 31.0. The molecule has 25 heteroatoms. The number of hydrogen-bond donors (Lipinski definition) is 4. The van der Waals surface area contributed by atoms with Crippen LogP contribution in [0.5, 0.6) is 46.0 Å². The van der Waals surface area contributed by atoms with E-state index in [9.17, 15) is 47.8 Å². The minimum atomic E-state index is -1.30. The first-order chi connectivity index (χ1) is 43.4. The van der Waals surface area contributed by atoms with Crippen LogP contribution >= 0.6 is 0 Å². The zero-order valence-electron chi connectivity index (χ0n) is 49.4. The van der Waals surface area contributed by atoms with Gasteiger partial charge in [-0.05, 0) is 175 Å². The molecule has 20 nitrogen and oxygen atoms in total. The number of carbonyl (C=O) groups excluding carboxylic acids is 6. The summed E-state index contributed by atoms with van der Waals surface area (Å²) in [6.07, 6.45) is 6.03.